The number of unbranched alkanes of at least 4 members (excludes halogenated alkanes) is 2. The SMILES string of the molecule is CCCC(CC=CCCCC=CC(C)(C)C(CF)CCF)CNC. The number of halogens is 2. The molecule has 0 rings (SSSR count). The van der Waals surface area contributed by atoms with Gasteiger partial charge in [-0.15, -0.1) is 0 Å². The Labute approximate surface area is 149 Å². The number of rotatable bonds is 15. The first-order chi connectivity index (χ1) is 11.5. The summed E-state index contributed by atoms with van der Waals surface area (Å²) in [4.78, 5) is 0. The summed E-state index contributed by atoms with van der Waals surface area (Å²) in [5.41, 5.74) is -0.267. The van der Waals surface area contributed by atoms with Crippen LogP contribution in [0.25, 0.3) is 0 Å². The van der Waals surface area contributed by atoms with Gasteiger partial charge in [-0.2, -0.15) is 0 Å². The molecule has 0 heterocycles. The van der Waals surface area contributed by atoms with Gasteiger partial charge in [-0.25, -0.2) is 0 Å². The molecule has 24 heavy (non-hydrogen) atoms. The van der Waals surface area contributed by atoms with Crippen LogP contribution < -0.4 is 5.32 Å². The van der Waals surface area contributed by atoms with Crippen LogP contribution >= 0.6 is 0 Å². The van der Waals surface area contributed by atoms with Crippen LogP contribution in [0, 0.1) is 17.3 Å². The molecule has 2 atom stereocenters. The van der Waals surface area contributed by atoms with Crippen molar-refractivity contribution in [2.45, 2.75) is 65.7 Å². The lowest BCUT2D eigenvalue weighted by Gasteiger charge is -2.28. The Kier molecular flexibility index (Phi) is 14.2. The molecule has 0 aromatic carbocycles. The van der Waals surface area contributed by atoms with Crippen molar-refractivity contribution in [3.63, 3.8) is 0 Å². The number of alkyl halides is 2. The van der Waals surface area contributed by atoms with Gasteiger partial charge in [0.05, 0.1) is 13.3 Å². The van der Waals surface area contributed by atoms with Gasteiger partial charge >= 0.3 is 0 Å². The fourth-order valence-electron chi connectivity index (χ4n) is 3.06. The number of hydrogen-bond donors (Lipinski definition) is 1. The minimum absolute atomic E-state index is 0.221. The standard InChI is InChI=1S/C21H39F2N/c1-5-12-19(18-24-4)13-10-8-6-7-9-11-15-21(2,3)20(17-23)14-16-22/h8,10-11,15,19-20,24H,5-7,9,12-14,16-18H2,1-4H3. The van der Waals surface area contributed by atoms with E-state index in [1.807, 2.05) is 20.9 Å². The summed E-state index contributed by atoms with van der Waals surface area (Å²) in [6.45, 7) is 6.43. The highest BCUT2D eigenvalue weighted by atomic mass is 19.1. The normalized spacial score (nSPS) is 15.4. The van der Waals surface area contributed by atoms with Crippen molar-refractivity contribution < 1.29 is 8.78 Å². The van der Waals surface area contributed by atoms with Gasteiger partial charge < -0.3 is 5.32 Å². The van der Waals surface area contributed by atoms with Crippen molar-refractivity contribution in [3.05, 3.63) is 24.3 Å². The van der Waals surface area contributed by atoms with Gasteiger partial charge in [0.25, 0.3) is 0 Å². The van der Waals surface area contributed by atoms with E-state index in [4.69, 9.17) is 0 Å². The molecule has 0 bridgehead atoms. The third kappa shape index (κ3) is 11.0. The van der Waals surface area contributed by atoms with Crippen molar-refractivity contribution in [3.8, 4) is 0 Å². The molecule has 0 radical (unpaired) electrons. The zero-order valence-corrected chi connectivity index (χ0v) is 16.3. The fraction of sp³-hybridized carbons (Fsp3) is 0.810. The minimum Gasteiger partial charge on any atom is -0.319 e. The van der Waals surface area contributed by atoms with Crippen LogP contribution in [-0.4, -0.2) is 26.9 Å². The smallest absolute Gasteiger partial charge is 0.0931 e. The highest BCUT2D eigenvalue weighted by Crippen LogP contribution is 2.31. The summed E-state index contributed by atoms with van der Waals surface area (Å²) >= 11 is 0. The molecule has 1 nitrogen and oxygen atoms in total. The largest absolute Gasteiger partial charge is 0.319 e. The van der Waals surface area contributed by atoms with E-state index in [0.29, 0.717) is 6.42 Å². The van der Waals surface area contributed by atoms with E-state index in [2.05, 4.69) is 36.5 Å². The summed E-state index contributed by atoms with van der Waals surface area (Å²) < 4.78 is 25.5. The fourth-order valence-corrected chi connectivity index (χ4v) is 3.06. The van der Waals surface area contributed by atoms with Crippen LogP contribution in [0.15, 0.2) is 24.3 Å². The van der Waals surface area contributed by atoms with Crippen molar-refractivity contribution in [2.24, 2.45) is 17.3 Å². The van der Waals surface area contributed by atoms with E-state index in [1.54, 1.807) is 0 Å². The first-order valence-corrected chi connectivity index (χ1v) is 9.61. The second-order valence-electron chi connectivity index (χ2n) is 7.40. The van der Waals surface area contributed by atoms with Crippen LogP contribution in [0.2, 0.25) is 0 Å². The molecular formula is C21H39F2N. The van der Waals surface area contributed by atoms with Crippen molar-refractivity contribution in [1.82, 2.24) is 5.32 Å². The lowest BCUT2D eigenvalue weighted by molar-refractivity contribution is 0.193. The number of hydrogen-bond acceptors (Lipinski definition) is 1. The van der Waals surface area contributed by atoms with Crippen molar-refractivity contribution in [1.29, 1.82) is 0 Å². The van der Waals surface area contributed by atoms with Gasteiger partial charge in [0, 0.05) is 0 Å². The molecule has 0 saturated carbocycles. The summed E-state index contributed by atoms with van der Waals surface area (Å²) in [6.07, 6.45) is 16.0. The molecule has 0 fully saturated rings. The Morgan fingerprint density at radius 2 is 1.75 bits per heavy atom. The lowest BCUT2D eigenvalue weighted by Crippen LogP contribution is -2.24. The molecule has 2 unspecified atom stereocenters. The summed E-state index contributed by atoms with van der Waals surface area (Å²) in [7, 11) is 2.02. The Balaban J connectivity index is 4.01. The zero-order valence-electron chi connectivity index (χ0n) is 16.3. The van der Waals surface area contributed by atoms with Crippen LogP contribution in [-0.2, 0) is 0 Å². The highest BCUT2D eigenvalue weighted by molar-refractivity contribution is 4.98. The Bertz CT molecular complexity index is 331. The topological polar surface area (TPSA) is 12.0 Å². The van der Waals surface area contributed by atoms with Crippen LogP contribution in [0.4, 0.5) is 8.78 Å². The minimum atomic E-state index is -0.449. The highest BCUT2D eigenvalue weighted by Gasteiger charge is 2.26. The van der Waals surface area contributed by atoms with Gasteiger partial charge in [-0.3, -0.25) is 8.78 Å². The second-order valence-corrected chi connectivity index (χ2v) is 7.40. The predicted octanol–water partition coefficient (Wildman–Crippen LogP) is 6.27. The maximum Gasteiger partial charge on any atom is 0.0931 e. The average molecular weight is 344 g/mol. The molecule has 0 aliphatic rings. The third-order valence-electron chi connectivity index (χ3n) is 4.81. The molecule has 0 aliphatic heterocycles. The molecule has 3 heteroatoms. The van der Waals surface area contributed by atoms with E-state index in [0.717, 1.165) is 38.1 Å². The van der Waals surface area contributed by atoms with Gasteiger partial charge in [-0.1, -0.05) is 51.5 Å². The second kappa shape index (κ2) is 14.6. The Morgan fingerprint density at radius 3 is 2.33 bits per heavy atom. The first kappa shape index (κ1) is 23.3. The van der Waals surface area contributed by atoms with Crippen molar-refractivity contribution in [2.75, 3.05) is 26.9 Å². The van der Waals surface area contributed by atoms with Crippen LogP contribution in [0.1, 0.15) is 65.7 Å². The molecule has 142 valence electrons. The first-order valence-electron chi connectivity index (χ1n) is 9.61. The third-order valence-corrected chi connectivity index (χ3v) is 4.81. The quantitative estimate of drug-likeness (QED) is 0.273. The van der Waals surface area contributed by atoms with E-state index in [-0.39, 0.29) is 11.3 Å². The zero-order chi connectivity index (χ0) is 18.3. The summed E-state index contributed by atoms with van der Waals surface area (Å²) in [5.74, 6) is 0.520. The van der Waals surface area contributed by atoms with E-state index >= 15 is 0 Å². The molecule has 0 aromatic rings. The Morgan fingerprint density at radius 1 is 1.04 bits per heavy atom. The van der Waals surface area contributed by atoms with Crippen LogP contribution in [0.3, 0.4) is 0 Å². The molecular weight excluding hydrogens is 304 g/mol. The summed E-state index contributed by atoms with van der Waals surface area (Å²) in [6, 6.07) is 0. The van der Waals surface area contributed by atoms with Gasteiger partial charge in [-0.05, 0) is 69.4 Å². The van der Waals surface area contributed by atoms with Gasteiger partial charge in [0.15, 0.2) is 0 Å². The maximum absolute atomic E-state index is 13.0. The van der Waals surface area contributed by atoms with E-state index in [1.165, 1.54) is 12.8 Å². The van der Waals surface area contributed by atoms with E-state index < -0.39 is 13.3 Å². The summed E-state index contributed by atoms with van der Waals surface area (Å²) in [5, 5.41) is 3.27. The molecule has 1 N–H and O–H groups in total. The Hall–Kier alpha value is -0.700. The van der Waals surface area contributed by atoms with Crippen molar-refractivity contribution >= 4 is 0 Å². The molecule has 0 spiro atoms. The maximum atomic E-state index is 13.0. The molecule has 0 saturated heterocycles. The average Bonchev–Trinajstić information content (AvgIpc) is 2.55. The molecule has 0 aromatic heterocycles. The molecule has 0 aliphatic carbocycles. The number of allylic oxidation sites excluding steroid dienone is 4. The lowest BCUT2D eigenvalue weighted by atomic mass is 9.77. The predicted molar refractivity (Wildman–Crippen MR) is 103 cm³/mol. The monoisotopic (exact) mass is 343 g/mol. The van der Waals surface area contributed by atoms with E-state index in [9.17, 15) is 8.78 Å². The molecule has 0 amide bonds. The van der Waals surface area contributed by atoms with Gasteiger partial charge in [0.1, 0.15) is 0 Å². The number of nitrogens with one attached hydrogen (secondary N) is 1. The van der Waals surface area contributed by atoms with Gasteiger partial charge in [0.2, 0.25) is 0 Å². The van der Waals surface area contributed by atoms with Crippen LogP contribution in [0.5, 0.6) is 0 Å².